The summed E-state index contributed by atoms with van der Waals surface area (Å²) in [5.74, 6) is -0.247. The standard InChI is InChI=1S/C10H16N2O3S2/c1-4-11-10(13)9-5-8(6-16-9)17(14,15)12-7(2)3/h5-7,12H,4H2,1-3H3,(H,11,13). The molecule has 0 radical (unpaired) electrons. The molecule has 0 spiro atoms. The van der Waals surface area contributed by atoms with Crippen molar-refractivity contribution in [1.82, 2.24) is 10.0 Å². The molecular formula is C10H16N2O3S2. The first-order chi connectivity index (χ1) is 7.86. The third-order valence-electron chi connectivity index (χ3n) is 1.84. The van der Waals surface area contributed by atoms with Crippen LogP contribution in [0.15, 0.2) is 16.3 Å². The highest BCUT2D eigenvalue weighted by atomic mass is 32.2. The minimum atomic E-state index is -3.51. The van der Waals surface area contributed by atoms with Gasteiger partial charge in [-0.3, -0.25) is 4.79 Å². The number of carbonyl (C=O) groups is 1. The molecular weight excluding hydrogens is 260 g/mol. The topological polar surface area (TPSA) is 75.3 Å². The van der Waals surface area contributed by atoms with Crippen LogP contribution in [0.1, 0.15) is 30.4 Å². The van der Waals surface area contributed by atoms with Crippen LogP contribution in [0.25, 0.3) is 0 Å². The summed E-state index contributed by atoms with van der Waals surface area (Å²) in [7, 11) is -3.51. The lowest BCUT2D eigenvalue weighted by atomic mass is 10.4. The average molecular weight is 276 g/mol. The van der Waals surface area contributed by atoms with E-state index < -0.39 is 10.0 Å². The first-order valence-electron chi connectivity index (χ1n) is 5.26. The largest absolute Gasteiger partial charge is 0.352 e. The molecule has 0 aliphatic carbocycles. The van der Waals surface area contributed by atoms with Gasteiger partial charge in [-0.1, -0.05) is 0 Å². The van der Waals surface area contributed by atoms with Gasteiger partial charge in [0.05, 0.1) is 9.77 Å². The molecule has 96 valence electrons. The smallest absolute Gasteiger partial charge is 0.261 e. The second-order valence-electron chi connectivity index (χ2n) is 3.78. The van der Waals surface area contributed by atoms with Crippen molar-refractivity contribution < 1.29 is 13.2 Å². The van der Waals surface area contributed by atoms with E-state index in [2.05, 4.69) is 10.0 Å². The second-order valence-corrected chi connectivity index (χ2v) is 6.41. The van der Waals surface area contributed by atoms with Crippen LogP contribution in [0.2, 0.25) is 0 Å². The molecule has 0 atom stereocenters. The molecule has 1 rings (SSSR count). The van der Waals surface area contributed by atoms with E-state index in [1.165, 1.54) is 11.4 Å². The van der Waals surface area contributed by atoms with Gasteiger partial charge in [0.2, 0.25) is 10.0 Å². The third-order valence-corrected chi connectivity index (χ3v) is 4.55. The van der Waals surface area contributed by atoms with Crippen molar-refractivity contribution in [3.63, 3.8) is 0 Å². The summed E-state index contributed by atoms with van der Waals surface area (Å²) in [5.41, 5.74) is 0. The van der Waals surface area contributed by atoms with Crippen LogP contribution in [0.3, 0.4) is 0 Å². The number of nitrogens with one attached hydrogen (secondary N) is 2. The summed E-state index contributed by atoms with van der Waals surface area (Å²) in [4.78, 5) is 12.0. The van der Waals surface area contributed by atoms with Crippen LogP contribution in [0.4, 0.5) is 0 Å². The molecule has 0 saturated heterocycles. The molecule has 1 aromatic rings. The molecule has 0 unspecified atom stereocenters. The zero-order valence-electron chi connectivity index (χ0n) is 9.98. The van der Waals surface area contributed by atoms with Crippen LogP contribution >= 0.6 is 11.3 Å². The zero-order chi connectivity index (χ0) is 13.1. The van der Waals surface area contributed by atoms with E-state index in [9.17, 15) is 13.2 Å². The molecule has 1 amide bonds. The van der Waals surface area contributed by atoms with Crippen molar-refractivity contribution in [1.29, 1.82) is 0 Å². The molecule has 0 bridgehead atoms. The lowest BCUT2D eigenvalue weighted by molar-refractivity contribution is 0.0959. The van der Waals surface area contributed by atoms with Crippen molar-refractivity contribution in [2.24, 2.45) is 0 Å². The van der Waals surface area contributed by atoms with E-state index in [0.717, 1.165) is 11.3 Å². The number of hydrogen-bond acceptors (Lipinski definition) is 4. The Labute approximate surface area is 105 Å². The van der Waals surface area contributed by atoms with Gasteiger partial charge in [0.1, 0.15) is 0 Å². The maximum Gasteiger partial charge on any atom is 0.261 e. The van der Waals surface area contributed by atoms with Gasteiger partial charge in [0, 0.05) is 18.0 Å². The van der Waals surface area contributed by atoms with Gasteiger partial charge in [0.15, 0.2) is 0 Å². The van der Waals surface area contributed by atoms with Gasteiger partial charge in [-0.25, -0.2) is 13.1 Å². The number of hydrogen-bond donors (Lipinski definition) is 2. The monoisotopic (exact) mass is 276 g/mol. The van der Waals surface area contributed by atoms with Crippen molar-refractivity contribution in [3.8, 4) is 0 Å². The Bertz CT molecular complexity index is 491. The fourth-order valence-corrected chi connectivity index (χ4v) is 3.65. The van der Waals surface area contributed by atoms with Gasteiger partial charge >= 0.3 is 0 Å². The Morgan fingerprint density at radius 2 is 2.12 bits per heavy atom. The Morgan fingerprint density at radius 1 is 1.47 bits per heavy atom. The van der Waals surface area contributed by atoms with E-state index in [1.807, 2.05) is 6.92 Å². The first-order valence-corrected chi connectivity index (χ1v) is 7.62. The fraction of sp³-hybridized carbons (Fsp3) is 0.500. The highest BCUT2D eigenvalue weighted by Crippen LogP contribution is 2.19. The van der Waals surface area contributed by atoms with Crippen LogP contribution < -0.4 is 10.0 Å². The molecule has 0 saturated carbocycles. The van der Waals surface area contributed by atoms with E-state index in [-0.39, 0.29) is 16.8 Å². The van der Waals surface area contributed by atoms with Gasteiger partial charge in [-0.05, 0) is 26.8 Å². The van der Waals surface area contributed by atoms with E-state index in [4.69, 9.17) is 0 Å². The van der Waals surface area contributed by atoms with Crippen molar-refractivity contribution >= 4 is 27.3 Å². The summed E-state index contributed by atoms with van der Waals surface area (Å²) in [6.07, 6.45) is 0. The van der Waals surface area contributed by atoms with E-state index in [1.54, 1.807) is 13.8 Å². The molecule has 0 fully saturated rings. The number of carbonyl (C=O) groups excluding carboxylic acids is 1. The maximum absolute atomic E-state index is 11.8. The Morgan fingerprint density at radius 3 is 2.65 bits per heavy atom. The molecule has 17 heavy (non-hydrogen) atoms. The lowest BCUT2D eigenvalue weighted by Gasteiger charge is -2.07. The molecule has 2 N–H and O–H groups in total. The van der Waals surface area contributed by atoms with E-state index >= 15 is 0 Å². The summed E-state index contributed by atoms with van der Waals surface area (Å²) in [6.45, 7) is 5.82. The number of sulfonamides is 1. The summed E-state index contributed by atoms with van der Waals surface area (Å²) >= 11 is 1.12. The summed E-state index contributed by atoms with van der Waals surface area (Å²) in [6, 6.07) is 1.22. The van der Waals surface area contributed by atoms with Gasteiger partial charge in [0.25, 0.3) is 5.91 Å². The van der Waals surface area contributed by atoms with Gasteiger partial charge in [-0.15, -0.1) is 11.3 Å². The summed E-state index contributed by atoms with van der Waals surface area (Å²) < 4.78 is 26.1. The first kappa shape index (κ1) is 14.1. The molecule has 0 aliphatic rings. The SMILES string of the molecule is CCNC(=O)c1cc(S(=O)(=O)NC(C)C)cs1. The average Bonchev–Trinajstić information content (AvgIpc) is 2.65. The highest BCUT2D eigenvalue weighted by Gasteiger charge is 2.19. The Balaban J connectivity index is 2.91. The molecule has 1 heterocycles. The molecule has 5 nitrogen and oxygen atoms in total. The Hall–Kier alpha value is -0.920. The van der Waals surface area contributed by atoms with Crippen LogP contribution in [0.5, 0.6) is 0 Å². The van der Waals surface area contributed by atoms with Crippen molar-refractivity contribution in [2.75, 3.05) is 6.54 Å². The maximum atomic E-state index is 11.8. The Kier molecular flexibility index (Phi) is 4.67. The van der Waals surface area contributed by atoms with Crippen LogP contribution in [-0.4, -0.2) is 26.9 Å². The van der Waals surface area contributed by atoms with Gasteiger partial charge in [-0.2, -0.15) is 0 Å². The van der Waals surface area contributed by atoms with Crippen LogP contribution in [-0.2, 0) is 10.0 Å². The van der Waals surface area contributed by atoms with Crippen molar-refractivity contribution in [2.45, 2.75) is 31.7 Å². The second kappa shape index (κ2) is 5.61. The summed E-state index contributed by atoms with van der Waals surface area (Å²) in [5, 5.41) is 4.09. The van der Waals surface area contributed by atoms with Crippen molar-refractivity contribution in [3.05, 3.63) is 16.3 Å². The molecule has 7 heteroatoms. The predicted molar refractivity (Wildman–Crippen MR) is 67.8 cm³/mol. The lowest BCUT2D eigenvalue weighted by Crippen LogP contribution is -2.30. The van der Waals surface area contributed by atoms with Crippen LogP contribution in [0, 0.1) is 0 Å². The number of thiophene rings is 1. The van der Waals surface area contributed by atoms with Gasteiger partial charge < -0.3 is 5.32 Å². The fourth-order valence-electron chi connectivity index (χ4n) is 1.20. The number of rotatable bonds is 5. The third kappa shape index (κ3) is 3.79. The minimum absolute atomic E-state index is 0.137. The predicted octanol–water partition coefficient (Wildman–Crippen LogP) is 1.18. The quantitative estimate of drug-likeness (QED) is 0.848. The highest BCUT2D eigenvalue weighted by molar-refractivity contribution is 7.89. The normalized spacial score (nSPS) is 11.8. The molecule has 0 aromatic carbocycles. The molecule has 1 aromatic heterocycles. The molecule has 0 aliphatic heterocycles. The zero-order valence-corrected chi connectivity index (χ0v) is 11.6. The van der Waals surface area contributed by atoms with E-state index in [0.29, 0.717) is 11.4 Å². The number of amides is 1. The minimum Gasteiger partial charge on any atom is -0.352 e.